The largest absolute Gasteiger partial charge is 0.401 e. The second-order valence-corrected chi connectivity index (χ2v) is 6.53. The van der Waals surface area contributed by atoms with E-state index in [0.717, 1.165) is 0 Å². The lowest BCUT2D eigenvalue weighted by Crippen LogP contribution is -2.49. The van der Waals surface area contributed by atoms with E-state index >= 15 is 0 Å². The van der Waals surface area contributed by atoms with Crippen molar-refractivity contribution < 1.29 is 22.9 Å². The van der Waals surface area contributed by atoms with Crippen LogP contribution in [-0.2, 0) is 0 Å². The Labute approximate surface area is 159 Å². The standard InChI is InChI=1S/C19H18F3N3O3/c20-19(21,22)13-23-8-10-24(11-9-23)16-7-6-15(12-17(16)25(27)28)18(26)14-4-2-1-3-5-14/h1-7,12H,8-11,13H2. The predicted molar refractivity (Wildman–Crippen MR) is 97.7 cm³/mol. The van der Waals surface area contributed by atoms with E-state index in [1.54, 1.807) is 35.2 Å². The van der Waals surface area contributed by atoms with Crippen molar-refractivity contribution in [1.29, 1.82) is 0 Å². The normalized spacial score (nSPS) is 15.5. The zero-order valence-corrected chi connectivity index (χ0v) is 14.9. The Morgan fingerprint density at radius 2 is 1.64 bits per heavy atom. The van der Waals surface area contributed by atoms with E-state index in [-0.39, 0.29) is 43.2 Å². The van der Waals surface area contributed by atoms with E-state index < -0.39 is 17.6 Å². The number of ketones is 1. The summed E-state index contributed by atoms with van der Waals surface area (Å²) in [4.78, 5) is 26.5. The topological polar surface area (TPSA) is 66.7 Å². The minimum absolute atomic E-state index is 0.154. The van der Waals surface area contributed by atoms with E-state index in [1.807, 2.05) is 0 Å². The number of carbonyl (C=O) groups is 1. The molecule has 0 aromatic heterocycles. The molecule has 0 aliphatic carbocycles. The fraction of sp³-hybridized carbons (Fsp3) is 0.316. The van der Waals surface area contributed by atoms with Crippen LogP contribution < -0.4 is 4.90 Å². The van der Waals surface area contributed by atoms with Gasteiger partial charge in [-0.1, -0.05) is 30.3 Å². The van der Waals surface area contributed by atoms with Crippen molar-refractivity contribution in [2.75, 3.05) is 37.6 Å². The number of hydrogen-bond acceptors (Lipinski definition) is 5. The number of piperazine rings is 1. The molecule has 0 amide bonds. The van der Waals surface area contributed by atoms with Gasteiger partial charge in [-0.2, -0.15) is 13.2 Å². The molecule has 0 atom stereocenters. The predicted octanol–water partition coefficient (Wildman–Crippen LogP) is 3.51. The van der Waals surface area contributed by atoms with Crippen LogP contribution in [0.2, 0.25) is 0 Å². The first kappa shape index (κ1) is 19.8. The fourth-order valence-corrected chi connectivity index (χ4v) is 3.23. The third-order valence-electron chi connectivity index (χ3n) is 4.59. The molecule has 9 heteroatoms. The van der Waals surface area contributed by atoms with Gasteiger partial charge in [0.25, 0.3) is 5.69 Å². The Hall–Kier alpha value is -2.94. The molecule has 1 heterocycles. The second kappa shape index (κ2) is 7.97. The number of alkyl halides is 3. The molecular formula is C19H18F3N3O3. The van der Waals surface area contributed by atoms with Crippen LogP contribution in [0.15, 0.2) is 48.5 Å². The summed E-state index contributed by atoms with van der Waals surface area (Å²) in [7, 11) is 0. The molecule has 1 aliphatic rings. The van der Waals surface area contributed by atoms with Gasteiger partial charge in [-0.3, -0.25) is 19.8 Å². The monoisotopic (exact) mass is 393 g/mol. The lowest BCUT2D eigenvalue weighted by molar-refractivity contribution is -0.384. The Kier molecular flexibility index (Phi) is 5.64. The summed E-state index contributed by atoms with van der Waals surface area (Å²) in [5, 5.41) is 11.5. The Balaban J connectivity index is 1.79. The first-order chi connectivity index (χ1) is 13.2. The molecule has 1 aliphatic heterocycles. The number of nitro benzene ring substituents is 1. The van der Waals surface area contributed by atoms with Gasteiger partial charge in [-0.15, -0.1) is 0 Å². The number of halogens is 3. The molecule has 0 spiro atoms. The maximum Gasteiger partial charge on any atom is 0.401 e. The molecule has 0 saturated carbocycles. The first-order valence-electron chi connectivity index (χ1n) is 8.67. The van der Waals surface area contributed by atoms with Gasteiger partial charge in [0, 0.05) is 43.4 Å². The number of nitrogens with zero attached hydrogens (tertiary/aromatic N) is 3. The van der Waals surface area contributed by atoms with Crippen LogP contribution in [0.25, 0.3) is 0 Å². The lowest BCUT2D eigenvalue weighted by atomic mass is 10.0. The number of rotatable bonds is 5. The van der Waals surface area contributed by atoms with Crippen LogP contribution in [-0.4, -0.2) is 54.5 Å². The summed E-state index contributed by atoms with van der Waals surface area (Å²) in [5.41, 5.74) is 0.690. The van der Waals surface area contributed by atoms with Gasteiger partial charge >= 0.3 is 6.18 Å². The molecule has 2 aromatic carbocycles. The fourth-order valence-electron chi connectivity index (χ4n) is 3.23. The highest BCUT2D eigenvalue weighted by molar-refractivity contribution is 6.09. The number of nitro groups is 1. The molecule has 2 aromatic rings. The summed E-state index contributed by atoms with van der Waals surface area (Å²) >= 11 is 0. The number of carbonyl (C=O) groups excluding carboxylic acids is 1. The third-order valence-corrected chi connectivity index (χ3v) is 4.59. The molecule has 0 unspecified atom stereocenters. The molecule has 0 N–H and O–H groups in total. The smallest absolute Gasteiger partial charge is 0.363 e. The average molecular weight is 393 g/mol. The summed E-state index contributed by atoms with van der Waals surface area (Å²) < 4.78 is 37.5. The molecule has 0 radical (unpaired) electrons. The summed E-state index contributed by atoms with van der Waals surface area (Å²) in [6, 6.07) is 12.7. The molecular weight excluding hydrogens is 375 g/mol. The quantitative estimate of drug-likeness (QED) is 0.442. The van der Waals surface area contributed by atoms with Gasteiger partial charge in [-0.25, -0.2) is 0 Å². The van der Waals surface area contributed by atoms with Crippen molar-refractivity contribution in [2.24, 2.45) is 0 Å². The maximum absolute atomic E-state index is 12.5. The maximum atomic E-state index is 12.5. The van der Waals surface area contributed by atoms with E-state index in [9.17, 15) is 28.1 Å². The third kappa shape index (κ3) is 4.66. The molecule has 28 heavy (non-hydrogen) atoms. The molecule has 1 fully saturated rings. The molecule has 6 nitrogen and oxygen atoms in total. The van der Waals surface area contributed by atoms with Gasteiger partial charge in [0.05, 0.1) is 11.5 Å². The van der Waals surface area contributed by atoms with Crippen molar-refractivity contribution in [3.8, 4) is 0 Å². The Morgan fingerprint density at radius 1 is 1.00 bits per heavy atom. The molecule has 0 bridgehead atoms. The van der Waals surface area contributed by atoms with Gasteiger partial charge in [0.1, 0.15) is 5.69 Å². The highest BCUT2D eigenvalue weighted by Gasteiger charge is 2.33. The van der Waals surface area contributed by atoms with Crippen LogP contribution in [0.1, 0.15) is 15.9 Å². The molecule has 148 valence electrons. The highest BCUT2D eigenvalue weighted by Crippen LogP contribution is 2.31. The second-order valence-electron chi connectivity index (χ2n) is 6.53. The van der Waals surface area contributed by atoms with Crippen LogP contribution >= 0.6 is 0 Å². The van der Waals surface area contributed by atoms with Crippen LogP contribution in [0, 0.1) is 10.1 Å². The molecule has 3 rings (SSSR count). The minimum atomic E-state index is -4.27. The van der Waals surface area contributed by atoms with Gasteiger partial charge in [0.2, 0.25) is 0 Å². The SMILES string of the molecule is O=C(c1ccccc1)c1ccc(N2CCN(CC(F)(F)F)CC2)c([N+](=O)[O-])c1. The zero-order valence-electron chi connectivity index (χ0n) is 14.9. The number of benzene rings is 2. The van der Waals surface area contributed by atoms with Crippen molar-refractivity contribution >= 4 is 17.2 Å². The lowest BCUT2D eigenvalue weighted by Gasteiger charge is -2.36. The van der Waals surface area contributed by atoms with E-state index in [1.165, 1.54) is 23.1 Å². The number of hydrogen-bond donors (Lipinski definition) is 0. The van der Waals surface area contributed by atoms with E-state index in [0.29, 0.717) is 11.3 Å². The average Bonchev–Trinajstić information content (AvgIpc) is 2.67. The van der Waals surface area contributed by atoms with E-state index in [4.69, 9.17) is 0 Å². The van der Waals surface area contributed by atoms with E-state index in [2.05, 4.69) is 0 Å². The van der Waals surface area contributed by atoms with Gasteiger partial charge in [-0.05, 0) is 12.1 Å². The first-order valence-corrected chi connectivity index (χ1v) is 8.67. The van der Waals surface area contributed by atoms with Crippen LogP contribution in [0.4, 0.5) is 24.5 Å². The summed E-state index contributed by atoms with van der Waals surface area (Å²) in [6.07, 6.45) is -4.27. The Bertz CT molecular complexity index is 864. The zero-order chi connectivity index (χ0) is 20.3. The molecule has 1 saturated heterocycles. The van der Waals surface area contributed by atoms with Gasteiger partial charge < -0.3 is 4.90 Å². The number of anilines is 1. The van der Waals surface area contributed by atoms with Crippen molar-refractivity contribution in [3.05, 3.63) is 69.8 Å². The summed E-state index contributed by atoms with van der Waals surface area (Å²) in [6.45, 7) is -0.206. The van der Waals surface area contributed by atoms with Crippen molar-refractivity contribution in [2.45, 2.75) is 6.18 Å². The van der Waals surface area contributed by atoms with Crippen molar-refractivity contribution in [3.63, 3.8) is 0 Å². The highest BCUT2D eigenvalue weighted by atomic mass is 19.4. The Morgan fingerprint density at radius 3 is 2.21 bits per heavy atom. The summed E-state index contributed by atoms with van der Waals surface area (Å²) in [5.74, 6) is -0.328. The van der Waals surface area contributed by atoms with Crippen molar-refractivity contribution in [1.82, 2.24) is 4.90 Å². The van der Waals surface area contributed by atoms with Crippen LogP contribution in [0.3, 0.4) is 0 Å². The van der Waals surface area contributed by atoms with Crippen LogP contribution in [0.5, 0.6) is 0 Å². The minimum Gasteiger partial charge on any atom is -0.363 e. The van der Waals surface area contributed by atoms with Gasteiger partial charge in [0.15, 0.2) is 5.78 Å².